The van der Waals surface area contributed by atoms with Crippen molar-refractivity contribution in [1.29, 1.82) is 0 Å². The second-order valence-corrected chi connectivity index (χ2v) is 5.82. The molecule has 0 unspecified atom stereocenters. The maximum atomic E-state index is 12.5. The molecule has 0 spiro atoms. The summed E-state index contributed by atoms with van der Waals surface area (Å²) in [4.78, 5) is 40.1. The number of aromatic nitrogens is 1. The molecule has 0 bridgehead atoms. The number of carboxylic acids is 1. The fourth-order valence-electron chi connectivity index (χ4n) is 3.08. The minimum Gasteiger partial charge on any atom is -0.480 e. The van der Waals surface area contributed by atoms with Crippen LogP contribution in [-0.4, -0.2) is 39.5 Å². The second kappa shape index (κ2) is 6.24. The number of likely N-dealkylation sites (tertiary alicyclic amines) is 1. The number of aliphatic carboxylic acids is 1. The van der Waals surface area contributed by atoms with Gasteiger partial charge in [0.25, 0.3) is 5.56 Å². The Balaban J connectivity index is 1.86. The molecule has 2 N–H and O–H groups in total. The van der Waals surface area contributed by atoms with Crippen molar-refractivity contribution < 1.29 is 14.7 Å². The molecular formula is C17H18N2O4. The molecule has 1 saturated heterocycles. The SMILES string of the molecule is O=C(O)[C@H]1CCCCN1C(=O)Cc1cc2ccccc2[nH]c1=O. The highest BCUT2D eigenvalue weighted by Gasteiger charge is 2.31. The number of carboxylic acid groups (broad SMARTS) is 1. The molecule has 0 aliphatic carbocycles. The van der Waals surface area contributed by atoms with E-state index in [1.807, 2.05) is 18.2 Å². The molecule has 1 amide bonds. The zero-order chi connectivity index (χ0) is 16.4. The van der Waals surface area contributed by atoms with Gasteiger partial charge in [0, 0.05) is 17.6 Å². The van der Waals surface area contributed by atoms with E-state index in [0.717, 1.165) is 23.7 Å². The number of amides is 1. The third-order valence-corrected chi connectivity index (χ3v) is 4.28. The third kappa shape index (κ3) is 3.11. The lowest BCUT2D eigenvalue weighted by atomic mass is 10.0. The fourth-order valence-corrected chi connectivity index (χ4v) is 3.08. The topological polar surface area (TPSA) is 90.5 Å². The number of benzene rings is 1. The molecule has 23 heavy (non-hydrogen) atoms. The van der Waals surface area contributed by atoms with Gasteiger partial charge in [-0.2, -0.15) is 0 Å². The number of hydrogen-bond acceptors (Lipinski definition) is 3. The Kier molecular flexibility index (Phi) is 4.14. The van der Waals surface area contributed by atoms with Gasteiger partial charge in [0.15, 0.2) is 0 Å². The molecule has 1 aliphatic heterocycles. The van der Waals surface area contributed by atoms with E-state index in [1.165, 1.54) is 4.90 Å². The van der Waals surface area contributed by atoms with Gasteiger partial charge in [-0.25, -0.2) is 4.79 Å². The molecule has 6 heteroatoms. The monoisotopic (exact) mass is 314 g/mol. The van der Waals surface area contributed by atoms with E-state index >= 15 is 0 Å². The first-order valence-corrected chi connectivity index (χ1v) is 7.69. The largest absolute Gasteiger partial charge is 0.480 e. The van der Waals surface area contributed by atoms with Gasteiger partial charge in [-0.15, -0.1) is 0 Å². The van der Waals surface area contributed by atoms with Crippen molar-refractivity contribution >= 4 is 22.8 Å². The van der Waals surface area contributed by atoms with Gasteiger partial charge in [0.2, 0.25) is 5.91 Å². The Hall–Kier alpha value is -2.63. The van der Waals surface area contributed by atoms with Crippen molar-refractivity contribution in [2.24, 2.45) is 0 Å². The van der Waals surface area contributed by atoms with Crippen LogP contribution in [0.5, 0.6) is 0 Å². The summed E-state index contributed by atoms with van der Waals surface area (Å²) in [5.41, 5.74) is 0.777. The molecule has 0 radical (unpaired) electrons. The van der Waals surface area contributed by atoms with Crippen LogP contribution in [0.25, 0.3) is 10.9 Å². The number of aromatic amines is 1. The standard InChI is InChI=1S/C17H18N2O4/c20-15(19-8-4-3-7-14(19)17(22)23)10-12-9-11-5-1-2-6-13(11)18-16(12)21/h1-2,5-6,9,14H,3-4,7-8,10H2,(H,18,21)(H,22,23)/t14-/m1/s1. The van der Waals surface area contributed by atoms with Crippen LogP contribution in [0.1, 0.15) is 24.8 Å². The predicted octanol–water partition coefficient (Wildman–Crippen LogP) is 1.54. The van der Waals surface area contributed by atoms with Crippen molar-refractivity contribution in [1.82, 2.24) is 9.88 Å². The molecule has 3 rings (SSSR count). The fraction of sp³-hybridized carbons (Fsp3) is 0.353. The van der Waals surface area contributed by atoms with Gasteiger partial charge in [-0.3, -0.25) is 9.59 Å². The zero-order valence-electron chi connectivity index (χ0n) is 12.6. The van der Waals surface area contributed by atoms with Crippen molar-refractivity contribution in [2.45, 2.75) is 31.7 Å². The van der Waals surface area contributed by atoms with E-state index in [4.69, 9.17) is 0 Å². The number of carbonyl (C=O) groups excluding carboxylic acids is 1. The van der Waals surface area contributed by atoms with Crippen molar-refractivity contribution in [2.75, 3.05) is 6.54 Å². The Labute approximate surface area is 132 Å². The van der Waals surface area contributed by atoms with Crippen LogP contribution in [0.15, 0.2) is 35.1 Å². The van der Waals surface area contributed by atoms with E-state index in [-0.39, 0.29) is 17.9 Å². The number of piperidine rings is 1. The van der Waals surface area contributed by atoms with Gasteiger partial charge in [0.05, 0.1) is 6.42 Å². The van der Waals surface area contributed by atoms with Gasteiger partial charge in [-0.05, 0) is 36.8 Å². The van der Waals surface area contributed by atoms with Crippen LogP contribution in [0, 0.1) is 0 Å². The predicted molar refractivity (Wildman–Crippen MR) is 85.3 cm³/mol. The first-order chi connectivity index (χ1) is 11.1. The van der Waals surface area contributed by atoms with Crippen molar-refractivity contribution in [3.8, 4) is 0 Å². The van der Waals surface area contributed by atoms with E-state index < -0.39 is 12.0 Å². The number of fused-ring (bicyclic) bond motifs is 1. The highest BCUT2D eigenvalue weighted by Crippen LogP contribution is 2.19. The molecule has 1 aliphatic rings. The molecular weight excluding hydrogens is 296 g/mol. The van der Waals surface area contributed by atoms with Crippen LogP contribution in [0.2, 0.25) is 0 Å². The Morgan fingerprint density at radius 3 is 2.83 bits per heavy atom. The zero-order valence-corrected chi connectivity index (χ0v) is 12.6. The quantitative estimate of drug-likeness (QED) is 0.899. The number of pyridine rings is 1. The lowest BCUT2D eigenvalue weighted by Gasteiger charge is -2.33. The van der Waals surface area contributed by atoms with Crippen LogP contribution in [0.4, 0.5) is 0 Å². The van der Waals surface area contributed by atoms with Gasteiger partial charge in [-0.1, -0.05) is 18.2 Å². The molecule has 2 aromatic rings. The maximum Gasteiger partial charge on any atom is 0.326 e. The number of H-pyrrole nitrogens is 1. The lowest BCUT2D eigenvalue weighted by molar-refractivity contribution is -0.151. The first kappa shape index (κ1) is 15.3. The number of nitrogens with zero attached hydrogens (tertiary/aromatic N) is 1. The van der Waals surface area contributed by atoms with Crippen LogP contribution in [-0.2, 0) is 16.0 Å². The minimum absolute atomic E-state index is 0.0794. The summed E-state index contributed by atoms with van der Waals surface area (Å²) < 4.78 is 0. The van der Waals surface area contributed by atoms with E-state index in [0.29, 0.717) is 18.5 Å². The summed E-state index contributed by atoms with van der Waals surface area (Å²) in [5, 5.41) is 10.1. The minimum atomic E-state index is -0.981. The number of para-hydroxylation sites is 1. The number of rotatable bonds is 3. The molecule has 0 saturated carbocycles. The summed E-state index contributed by atoms with van der Waals surface area (Å²) in [6, 6.07) is 8.26. The highest BCUT2D eigenvalue weighted by atomic mass is 16.4. The van der Waals surface area contributed by atoms with E-state index in [9.17, 15) is 19.5 Å². The van der Waals surface area contributed by atoms with E-state index in [2.05, 4.69) is 4.98 Å². The molecule has 1 atom stereocenters. The Morgan fingerprint density at radius 1 is 1.26 bits per heavy atom. The Morgan fingerprint density at radius 2 is 2.04 bits per heavy atom. The second-order valence-electron chi connectivity index (χ2n) is 5.82. The summed E-state index contributed by atoms with van der Waals surface area (Å²) >= 11 is 0. The van der Waals surface area contributed by atoms with Gasteiger partial charge >= 0.3 is 5.97 Å². The number of nitrogens with one attached hydrogen (secondary N) is 1. The normalized spacial score (nSPS) is 18.1. The molecule has 1 aromatic carbocycles. The molecule has 2 heterocycles. The first-order valence-electron chi connectivity index (χ1n) is 7.69. The lowest BCUT2D eigenvalue weighted by Crippen LogP contribution is -2.48. The smallest absolute Gasteiger partial charge is 0.326 e. The summed E-state index contributed by atoms with van der Waals surface area (Å²) in [5.74, 6) is -1.29. The van der Waals surface area contributed by atoms with Crippen molar-refractivity contribution in [3.05, 3.63) is 46.2 Å². The highest BCUT2D eigenvalue weighted by molar-refractivity contribution is 5.86. The molecule has 1 aromatic heterocycles. The molecule has 6 nitrogen and oxygen atoms in total. The van der Waals surface area contributed by atoms with Crippen LogP contribution < -0.4 is 5.56 Å². The molecule has 120 valence electrons. The number of carbonyl (C=O) groups is 2. The Bertz CT molecular complexity index is 812. The van der Waals surface area contributed by atoms with E-state index in [1.54, 1.807) is 12.1 Å². The maximum absolute atomic E-state index is 12.5. The third-order valence-electron chi connectivity index (χ3n) is 4.28. The summed E-state index contributed by atoms with van der Waals surface area (Å²) in [6.07, 6.45) is 1.99. The summed E-state index contributed by atoms with van der Waals surface area (Å²) in [7, 11) is 0. The van der Waals surface area contributed by atoms with Gasteiger partial charge in [0.1, 0.15) is 6.04 Å². The average molecular weight is 314 g/mol. The van der Waals surface area contributed by atoms with Crippen LogP contribution in [0.3, 0.4) is 0 Å². The van der Waals surface area contributed by atoms with Crippen molar-refractivity contribution in [3.63, 3.8) is 0 Å². The van der Waals surface area contributed by atoms with Gasteiger partial charge < -0.3 is 15.0 Å². The summed E-state index contributed by atoms with van der Waals surface area (Å²) in [6.45, 7) is 0.432. The average Bonchev–Trinajstić information content (AvgIpc) is 2.55. The number of hydrogen-bond donors (Lipinski definition) is 2. The molecule has 1 fully saturated rings. The van der Waals surface area contributed by atoms with Crippen LogP contribution >= 0.6 is 0 Å².